The molecule has 0 atom stereocenters. The highest BCUT2D eigenvalue weighted by Gasteiger charge is 2.21. The lowest BCUT2D eigenvalue weighted by Gasteiger charge is -2.11. The van der Waals surface area contributed by atoms with Crippen molar-refractivity contribution < 1.29 is 17.9 Å². The minimum absolute atomic E-state index is 0.0897. The van der Waals surface area contributed by atoms with E-state index in [1.165, 1.54) is 18.2 Å². The first-order valence-corrected chi connectivity index (χ1v) is 9.73. The molecule has 0 aliphatic carbocycles. The van der Waals surface area contributed by atoms with E-state index < -0.39 is 9.84 Å². The molecular weight excluding hydrogens is 350 g/mol. The lowest BCUT2D eigenvalue weighted by molar-refractivity contribution is 0.287. The smallest absolute Gasteiger partial charge is 0.216 e. The monoisotopic (exact) mass is 371 g/mol. The Morgan fingerprint density at radius 2 is 1.65 bits per heavy atom. The van der Waals surface area contributed by atoms with Gasteiger partial charge in [-0.25, -0.2) is 8.42 Å². The fourth-order valence-electron chi connectivity index (χ4n) is 2.32. The van der Waals surface area contributed by atoms with Crippen LogP contribution in [-0.2, 0) is 9.84 Å². The molecule has 0 unspecified atom stereocenters. The van der Waals surface area contributed by atoms with E-state index in [4.69, 9.17) is 9.47 Å². The van der Waals surface area contributed by atoms with Crippen LogP contribution in [0.3, 0.4) is 0 Å². The van der Waals surface area contributed by atoms with Gasteiger partial charge < -0.3 is 9.47 Å². The second-order valence-corrected chi connectivity index (χ2v) is 7.43. The molecule has 2 aromatic carbocycles. The van der Waals surface area contributed by atoms with Crippen molar-refractivity contribution in [3.8, 4) is 17.6 Å². The highest BCUT2D eigenvalue weighted by molar-refractivity contribution is 7.95. The van der Waals surface area contributed by atoms with Crippen molar-refractivity contribution >= 4 is 15.9 Å². The molecule has 5 nitrogen and oxygen atoms in total. The number of aryl methyl sites for hydroxylation is 1. The molecule has 0 spiro atoms. The molecule has 2 rings (SSSR count). The summed E-state index contributed by atoms with van der Waals surface area (Å²) < 4.78 is 36.5. The number of hydrogen-bond donors (Lipinski definition) is 0. The van der Waals surface area contributed by atoms with E-state index >= 15 is 0 Å². The Morgan fingerprint density at radius 3 is 2.23 bits per heavy atom. The molecule has 0 aromatic heterocycles. The largest absolute Gasteiger partial charge is 0.490 e. The molecule has 26 heavy (non-hydrogen) atoms. The Hall–Kier alpha value is -2.78. The summed E-state index contributed by atoms with van der Waals surface area (Å²) in [5, 5.41) is 9.40. The Kier molecular flexibility index (Phi) is 6.42. The number of allylic oxidation sites excluding steroid dienone is 1. The van der Waals surface area contributed by atoms with Crippen LogP contribution in [0.5, 0.6) is 11.5 Å². The Bertz CT molecular complexity index is 939. The van der Waals surface area contributed by atoms with E-state index in [1.54, 1.807) is 36.4 Å². The van der Waals surface area contributed by atoms with Gasteiger partial charge in [-0.1, -0.05) is 23.8 Å². The summed E-state index contributed by atoms with van der Waals surface area (Å²) in [5.74, 6) is 1.08. The molecule has 0 amide bonds. The molecule has 0 fully saturated rings. The third-order valence-electron chi connectivity index (χ3n) is 3.60. The summed E-state index contributed by atoms with van der Waals surface area (Å²) in [6.45, 7) is 6.51. The molecule has 2 aromatic rings. The molecule has 0 radical (unpaired) electrons. The standard InChI is InChI=1S/C20H21NO4S/c1-4-24-19-11-8-16(13-20(19)25-5-2)12-18(14-21)26(22,23)17-9-6-15(3)7-10-17/h6-13H,4-5H2,1-3H3. The number of ether oxygens (including phenoxy) is 2. The van der Waals surface area contributed by atoms with Gasteiger partial charge in [0.2, 0.25) is 9.84 Å². The van der Waals surface area contributed by atoms with Crippen LogP contribution in [0.2, 0.25) is 0 Å². The summed E-state index contributed by atoms with van der Waals surface area (Å²) in [5.41, 5.74) is 1.49. The molecule has 0 heterocycles. The first-order chi connectivity index (χ1) is 12.4. The number of rotatable bonds is 7. The minimum atomic E-state index is -3.88. The third kappa shape index (κ3) is 4.44. The molecule has 0 N–H and O–H groups in total. The molecule has 0 bridgehead atoms. The van der Waals surface area contributed by atoms with E-state index in [9.17, 15) is 13.7 Å². The van der Waals surface area contributed by atoms with Gasteiger partial charge in [0, 0.05) is 0 Å². The van der Waals surface area contributed by atoms with Crippen LogP contribution in [0.4, 0.5) is 0 Å². The predicted molar refractivity (Wildman–Crippen MR) is 101 cm³/mol. The number of nitriles is 1. The van der Waals surface area contributed by atoms with Gasteiger partial charge in [-0.3, -0.25) is 0 Å². The zero-order valence-electron chi connectivity index (χ0n) is 15.0. The van der Waals surface area contributed by atoms with Gasteiger partial charge >= 0.3 is 0 Å². The maximum atomic E-state index is 12.7. The lowest BCUT2D eigenvalue weighted by Crippen LogP contribution is -2.04. The van der Waals surface area contributed by atoms with Crippen molar-refractivity contribution in [2.75, 3.05) is 13.2 Å². The zero-order valence-corrected chi connectivity index (χ0v) is 15.8. The van der Waals surface area contributed by atoms with Crippen molar-refractivity contribution in [3.05, 3.63) is 58.5 Å². The zero-order chi connectivity index (χ0) is 19.2. The van der Waals surface area contributed by atoms with Crippen LogP contribution in [0.1, 0.15) is 25.0 Å². The highest BCUT2D eigenvalue weighted by atomic mass is 32.2. The van der Waals surface area contributed by atoms with Gasteiger partial charge in [0.05, 0.1) is 18.1 Å². The topological polar surface area (TPSA) is 76.4 Å². The average Bonchev–Trinajstić information content (AvgIpc) is 2.62. The van der Waals surface area contributed by atoms with Gasteiger partial charge in [-0.15, -0.1) is 0 Å². The van der Waals surface area contributed by atoms with E-state index in [-0.39, 0.29) is 9.80 Å². The van der Waals surface area contributed by atoms with Gasteiger partial charge in [-0.05, 0) is 56.7 Å². The molecular formula is C20H21NO4S. The van der Waals surface area contributed by atoms with E-state index in [1.807, 2.05) is 20.8 Å². The van der Waals surface area contributed by atoms with Crippen molar-refractivity contribution in [2.45, 2.75) is 25.7 Å². The van der Waals surface area contributed by atoms with Crippen LogP contribution < -0.4 is 9.47 Å². The molecule has 0 saturated carbocycles. The summed E-state index contributed by atoms with van der Waals surface area (Å²) in [6, 6.07) is 13.3. The molecule has 0 aliphatic rings. The fourth-order valence-corrected chi connectivity index (χ4v) is 3.48. The molecule has 0 aliphatic heterocycles. The van der Waals surface area contributed by atoms with Gasteiger partial charge in [0.25, 0.3) is 0 Å². The van der Waals surface area contributed by atoms with Crippen LogP contribution >= 0.6 is 0 Å². The first kappa shape index (κ1) is 19.5. The third-order valence-corrected chi connectivity index (χ3v) is 5.28. The number of hydrogen-bond acceptors (Lipinski definition) is 5. The lowest BCUT2D eigenvalue weighted by atomic mass is 10.2. The first-order valence-electron chi connectivity index (χ1n) is 8.25. The van der Waals surface area contributed by atoms with Crippen LogP contribution in [0.15, 0.2) is 52.3 Å². The van der Waals surface area contributed by atoms with Crippen molar-refractivity contribution in [1.29, 1.82) is 5.26 Å². The van der Waals surface area contributed by atoms with E-state index in [2.05, 4.69) is 0 Å². The van der Waals surface area contributed by atoms with Crippen LogP contribution in [0, 0.1) is 18.3 Å². The number of sulfone groups is 1. The second kappa shape index (κ2) is 8.54. The van der Waals surface area contributed by atoms with Gasteiger partial charge in [0.1, 0.15) is 11.0 Å². The quantitative estimate of drug-likeness (QED) is 0.684. The van der Waals surface area contributed by atoms with E-state index in [0.29, 0.717) is 30.3 Å². The second-order valence-electron chi connectivity index (χ2n) is 5.51. The number of nitrogens with zero attached hydrogens (tertiary/aromatic N) is 1. The highest BCUT2D eigenvalue weighted by Crippen LogP contribution is 2.30. The van der Waals surface area contributed by atoms with Crippen molar-refractivity contribution in [2.24, 2.45) is 0 Å². The van der Waals surface area contributed by atoms with E-state index in [0.717, 1.165) is 5.56 Å². The maximum Gasteiger partial charge on any atom is 0.216 e. The minimum Gasteiger partial charge on any atom is -0.490 e. The SMILES string of the molecule is CCOc1ccc(C=C(C#N)S(=O)(=O)c2ccc(C)cc2)cc1OCC. The van der Waals surface area contributed by atoms with Crippen LogP contribution in [-0.4, -0.2) is 21.6 Å². The Labute approximate surface area is 154 Å². The fraction of sp³-hybridized carbons (Fsp3) is 0.250. The average molecular weight is 371 g/mol. The Balaban J connectivity index is 2.46. The van der Waals surface area contributed by atoms with Crippen molar-refractivity contribution in [3.63, 3.8) is 0 Å². The predicted octanol–water partition coefficient (Wildman–Crippen LogP) is 4.13. The molecule has 0 saturated heterocycles. The summed E-state index contributed by atoms with van der Waals surface area (Å²) in [6.07, 6.45) is 1.34. The molecule has 136 valence electrons. The summed E-state index contributed by atoms with van der Waals surface area (Å²) in [4.78, 5) is -0.236. The van der Waals surface area contributed by atoms with Gasteiger partial charge in [-0.2, -0.15) is 5.26 Å². The van der Waals surface area contributed by atoms with Gasteiger partial charge in [0.15, 0.2) is 11.5 Å². The summed E-state index contributed by atoms with van der Waals surface area (Å²) in [7, 11) is -3.88. The normalized spacial score (nSPS) is 11.7. The number of benzene rings is 2. The van der Waals surface area contributed by atoms with Crippen LogP contribution in [0.25, 0.3) is 6.08 Å². The van der Waals surface area contributed by atoms with Crippen molar-refractivity contribution in [1.82, 2.24) is 0 Å². The Morgan fingerprint density at radius 1 is 1.04 bits per heavy atom. The maximum absolute atomic E-state index is 12.7. The molecule has 6 heteroatoms. The summed E-state index contributed by atoms with van der Waals surface area (Å²) >= 11 is 0.